The summed E-state index contributed by atoms with van der Waals surface area (Å²) < 4.78 is 5.21. The second-order valence-corrected chi connectivity index (χ2v) is 4.80. The summed E-state index contributed by atoms with van der Waals surface area (Å²) in [4.78, 5) is 10.3. The Morgan fingerprint density at radius 1 is 1.44 bits per heavy atom. The molecule has 0 heterocycles. The van der Waals surface area contributed by atoms with Gasteiger partial charge >= 0.3 is 0 Å². The van der Waals surface area contributed by atoms with E-state index in [1.54, 1.807) is 19.2 Å². The van der Waals surface area contributed by atoms with E-state index in [9.17, 15) is 10.1 Å². The molecule has 0 spiro atoms. The van der Waals surface area contributed by atoms with Gasteiger partial charge in [0.2, 0.25) is 0 Å². The zero-order valence-corrected chi connectivity index (χ0v) is 11.4. The standard InChI is InChI=1S/C13H18ClNO3/c1-3-4-11(14)6-5-10-9-12(15(16)17)7-8-13(10)18-2/h7-9,11H,3-6H2,1-2H3. The molecule has 1 unspecified atom stereocenters. The van der Waals surface area contributed by atoms with Crippen LogP contribution < -0.4 is 4.74 Å². The molecule has 0 N–H and O–H groups in total. The van der Waals surface area contributed by atoms with E-state index >= 15 is 0 Å². The molecule has 4 nitrogen and oxygen atoms in total. The van der Waals surface area contributed by atoms with Crippen molar-refractivity contribution in [2.45, 2.75) is 38.0 Å². The molecule has 5 heteroatoms. The van der Waals surface area contributed by atoms with Crippen LogP contribution in [0.5, 0.6) is 5.75 Å². The van der Waals surface area contributed by atoms with Crippen molar-refractivity contribution < 1.29 is 9.66 Å². The van der Waals surface area contributed by atoms with Crippen molar-refractivity contribution in [1.29, 1.82) is 0 Å². The Morgan fingerprint density at radius 2 is 2.17 bits per heavy atom. The van der Waals surface area contributed by atoms with Crippen molar-refractivity contribution in [1.82, 2.24) is 0 Å². The summed E-state index contributed by atoms with van der Waals surface area (Å²) in [6, 6.07) is 4.65. The van der Waals surface area contributed by atoms with Gasteiger partial charge in [-0.1, -0.05) is 13.3 Å². The molecule has 0 aliphatic carbocycles. The van der Waals surface area contributed by atoms with Crippen molar-refractivity contribution in [3.8, 4) is 5.75 Å². The minimum atomic E-state index is -0.396. The highest BCUT2D eigenvalue weighted by atomic mass is 35.5. The molecular weight excluding hydrogens is 254 g/mol. The van der Waals surface area contributed by atoms with Crippen LogP contribution >= 0.6 is 11.6 Å². The van der Waals surface area contributed by atoms with Crippen LogP contribution in [0.3, 0.4) is 0 Å². The van der Waals surface area contributed by atoms with E-state index < -0.39 is 4.92 Å². The molecule has 100 valence electrons. The third-order valence-electron chi connectivity index (χ3n) is 2.80. The normalized spacial score (nSPS) is 12.2. The van der Waals surface area contributed by atoms with Crippen molar-refractivity contribution in [3.05, 3.63) is 33.9 Å². The maximum Gasteiger partial charge on any atom is 0.269 e. The van der Waals surface area contributed by atoms with Gasteiger partial charge in [0.1, 0.15) is 5.75 Å². The van der Waals surface area contributed by atoms with Gasteiger partial charge in [-0.15, -0.1) is 11.6 Å². The highest BCUT2D eigenvalue weighted by Gasteiger charge is 2.12. The summed E-state index contributed by atoms with van der Waals surface area (Å²) in [5.41, 5.74) is 0.931. The van der Waals surface area contributed by atoms with Crippen LogP contribution in [0.25, 0.3) is 0 Å². The molecule has 0 aromatic heterocycles. The van der Waals surface area contributed by atoms with Crippen LogP contribution in [-0.2, 0) is 6.42 Å². The zero-order chi connectivity index (χ0) is 13.5. The number of ether oxygens (including phenoxy) is 1. The average Bonchev–Trinajstić information content (AvgIpc) is 2.36. The van der Waals surface area contributed by atoms with Gasteiger partial charge in [0.15, 0.2) is 0 Å². The van der Waals surface area contributed by atoms with E-state index in [1.165, 1.54) is 6.07 Å². The zero-order valence-electron chi connectivity index (χ0n) is 10.7. The summed E-state index contributed by atoms with van der Waals surface area (Å²) in [7, 11) is 1.56. The predicted molar refractivity (Wildman–Crippen MR) is 72.5 cm³/mol. The smallest absolute Gasteiger partial charge is 0.269 e. The van der Waals surface area contributed by atoms with Gasteiger partial charge in [-0.05, 0) is 25.3 Å². The first-order chi connectivity index (χ1) is 8.58. The lowest BCUT2D eigenvalue weighted by molar-refractivity contribution is -0.384. The highest BCUT2D eigenvalue weighted by Crippen LogP contribution is 2.26. The summed E-state index contributed by atoms with van der Waals surface area (Å²) in [5.74, 6) is 0.681. The third kappa shape index (κ3) is 4.18. The quantitative estimate of drug-likeness (QED) is 0.429. The molecule has 1 atom stereocenters. The van der Waals surface area contributed by atoms with E-state index in [-0.39, 0.29) is 11.1 Å². The lowest BCUT2D eigenvalue weighted by atomic mass is 10.0. The molecule has 0 aliphatic heterocycles. The van der Waals surface area contributed by atoms with Gasteiger partial charge in [0.25, 0.3) is 5.69 Å². The fourth-order valence-electron chi connectivity index (χ4n) is 1.84. The van der Waals surface area contributed by atoms with Gasteiger partial charge < -0.3 is 4.74 Å². The molecule has 0 saturated heterocycles. The number of non-ortho nitro benzene ring substituents is 1. The molecule has 1 rings (SSSR count). The molecule has 0 radical (unpaired) electrons. The van der Waals surface area contributed by atoms with Gasteiger partial charge in [0, 0.05) is 23.1 Å². The summed E-state index contributed by atoms with van der Waals surface area (Å²) in [6.45, 7) is 2.09. The Morgan fingerprint density at radius 3 is 2.72 bits per heavy atom. The maximum atomic E-state index is 10.7. The third-order valence-corrected chi connectivity index (χ3v) is 3.24. The number of alkyl halides is 1. The number of rotatable bonds is 7. The topological polar surface area (TPSA) is 52.4 Å². The van der Waals surface area contributed by atoms with Crippen LogP contribution in [0.4, 0.5) is 5.69 Å². The predicted octanol–water partition coefficient (Wildman–Crippen LogP) is 3.94. The number of nitro benzene ring substituents is 1. The minimum absolute atomic E-state index is 0.0902. The van der Waals surface area contributed by atoms with Gasteiger partial charge in [0.05, 0.1) is 12.0 Å². The Bertz CT molecular complexity index is 409. The minimum Gasteiger partial charge on any atom is -0.496 e. The molecular formula is C13H18ClNO3. The molecule has 1 aromatic rings. The van der Waals surface area contributed by atoms with E-state index in [1.807, 2.05) is 0 Å². The van der Waals surface area contributed by atoms with Crippen molar-refractivity contribution in [3.63, 3.8) is 0 Å². The van der Waals surface area contributed by atoms with Gasteiger partial charge in [-0.3, -0.25) is 10.1 Å². The highest BCUT2D eigenvalue weighted by molar-refractivity contribution is 6.20. The van der Waals surface area contributed by atoms with Crippen LogP contribution in [0, 0.1) is 10.1 Å². The fourth-order valence-corrected chi connectivity index (χ4v) is 2.17. The summed E-state index contributed by atoms with van der Waals surface area (Å²) in [5, 5.41) is 10.8. The second kappa shape index (κ2) is 7.21. The monoisotopic (exact) mass is 271 g/mol. The molecule has 1 aromatic carbocycles. The maximum absolute atomic E-state index is 10.7. The lowest BCUT2D eigenvalue weighted by Gasteiger charge is -2.11. The second-order valence-electron chi connectivity index (χ2n) is 4.18. The van der Waals surface area contributed by atoms with E-state index in [2.05, 4.69) is 6.92 Å². The van der Waals surface area contributed by atoms with Gasteiger partial charge in [-0.25, -0.2) is 0 Å². The van der Waals surface area contributed by atoms with Crippen molar-refractivity contribution in [2.24, 2.45) is 0 Å². The number of hydrogen-bond acceptors (Lipinski definition) is 3. The first-order valence-electron chi connectivity index (χ1n) is 6.03. The van der Waals surface area contributed by atoms with E-state index in [4.69, 9.17) is 16.3 Å². The number of halogens is 1. The number of nitrogens with zero attached hydrogens (tertiary/aromatic N) is 1. The Hall–Kier alpha value is -1.29. The van der Waals surface area contributed by atoms with Crippen LogP contribution in [0.15, 0.2) is 18.2 Å². The van der Waals surface area contributed by atoms with Gasteiger partial charge in [-0.2, -0.15) is 0 Å². The molecule has 0 aliphatic rings. The van der Waals surface area contributed by atoms with Crippen LogP contribution in [0.1, 0.15) is 31.7 Å². The Balaban J connectivity index is 2.78. The number of benzene rings is 1. The van der Waals surface area contributed by atoms with E-state index in [0.717, 1.165) is 24.8 Å². The lowest BCUT2D eigenvalue weighted by Crippen LogP contribution is -2.02. The number of methoxy groups -OCH3 is 1. The molecule has 0 saturated carbocycles. The molecule has 18 heavy (non-hydrogen) atoms. The molecule has 0 bridgehead atoms. The largest absolute Gasteiger partial charge is 0.496 e. The Kier molecular flexibility index (Phi) is 5.92. The SMILES string of the molecule is CCCC(Cl)CCc1cc([N+](=O)[O-])ccc1OC. The fraction of sp³-hybridized carbons (Fsp3) is 0.538. The van der Waals surface area contributed by atoms with Crippen molar-refractivity contribution >= 4 is 17.3 Å². The summed E-state index contributed by atoms with van der Waals surface area (Å²) >= 11 is 6.15. The number of nitro groups is 1. The Labute approximate surface area is 112 Å². The summed E-state index contributed by atoms with van der Waals surface area (Å²) in [6.07, 6.45) is 3.49. The van der Waals surface area contributed by atoms with Crippen LogP contribution in [-0.4, -0.2) is 17.4 Å². The number of aryl methyl sites for hydroxylation is 1. The first kappa shape index (κ1) is 14.8. The molecule has 0 amide bonds. The molecule has 0 fully saturated rings. The number of hydrogen-bond donors (Lipinski definition) is 0. The van der Waals surface area contributed by atoms with Crippen molar-refractivity contribution in [2.75, 3.05) is 7.11 Å². The van der Waals surface area contributed by atoms with Crippen LogP contribution in [0.2, 0.25) is 0 Å². The average molecular weight is 272 g/mol. The van der Waals surface area contributed by atoms with E-state index in [0.29, 0.717) is 12.2 Å². The first-order valence-corrected chi connectivity index (χ1v) is 6.47.